The Kier molecular flexibility index (Phi) is 9.65. The first kappa shape index (κ1) is 34.3. The van der Waals surface area contributed by atoms with Crippen molar-refractivity contribution in [3.05, 3.63) is 98.1 Å². The Morgan fingerprint density at radius 1 is 0.816 bits per heavy atom. The number of nitrogens with one attached hydrogen (secondary N) is 2. The van der Waals surface area contributed by atoms with E-state index in [9.17, 15) is 10.1 Å². The lowest BCUT2D eigenvalue weighted by atomic mass is 9.76. The molecule has 4 aromatic rings. The van der Waals surface area contributed by atoms with Gasteiger partial charge in [-0.2, -0.15) is 0 Å². The van der Waals surface area contributed by atoms with Crippen LogP contribution in [0.4, 0.5) is 5.69 Å². The minimum Gasteiger partial charge on any atom is -0.355 e. The van der Waals surface area contributed by atoms with Crippen molar-refractivity contribution in [3.8, 4) is 11.1 Å². The Morgan fingerprint density at radius 2 is 1.51 bits per heavy atom. The molecular formula is C42H51N5O2. The van der Waals surface area contributed by atoms with Gasteiger partial charge in [-0.25, -0.2) is 4.98 Å². The summed E-state index contributed by atoms with van der Waals surface area (Å²) >= 11 is 0. The number of rotatable bonds is 10. The number of benzene rings is 1. The highest BCUT2D eigenvalue weighted by atomic mass is 16.6. The summed E-state index contributed by atoms with van der Waals surface area (Å²) in [6.07, 6.45) is 9.13. The van der Waals surface area contributed by atoms with Crippen molar-refractivity contribution in [2.24, 2.45) is 0 Å². The van der Waals surface area contributed by atoms with Crippen LogP contribution in [0.1, 0.15) is 132 Å². The topological polar surface area (TPSA) is 100 Å². The van der Waals surface area contributed by atoms with E-state index in [-0.39, 0.29) is 21.9 Å². The van der Waals surface area contributed by atoms with Gasteiger partial charge >= 0.3 is 0 Å². The number of hydrogen-bond acceptors (Lipinski definition) is 4. The Hall–Kier alpha value is -4.52. The van der Waals surface area contributed by atoms with Crippen molar-refractivity contribution in [1.82, 2.24) is 19.9 Å². The number of aromatic amines is 2. The zero-order valence-corrected chi connectivity index (χ0v) is 30.5. The fourth-order valence-corrected chi connectivity index (χ4v) is 7.39. The second-order valence-electron chi connectivity index (χ2n) is 14.7. The Morgan fingerprint density at radius 3 is 2.18 bits per heavy atom. The van der Waals surface area contributed by atoms with Gasteiger partial charge in [-0.05, 0) is 116 Å². The number of nitro groups is 1. The number of unbranched alkanes of at least 4 members (excludes halogenated alkanes) is 4. The summed E-state index contributed by atoms with van der Waals surface area (Å²) < 4.78 is 0. The molecule has 1 aromatic carbocycles. The van der Waals surface area contributed by atoms with E-state index in [1.807, 2.05) is 12.1 Å². The highest BCUT2D eigenvalue weighted by Crippen LogP contribution is 2.47. The molecule has 5 heterocycles. The molecule has 0 saturated heterocycles. The maximum atomic E-state index is 11.6. The van der Waals surface area contributed by atoms with Crippen molar-refractivity contribution >= 4 is 38.9 Å². The van der Waals surface area contributed by atoms with Crippen LogP contribution in [-0.4, -0.2) is 24.9 Å². The zero-order valence-electron chi connectivity index (χ0n) is 30.5. The van der Waals surface area contributed by atoms with Crippen LogP contribution in [0.2, 0.25) is 0 Å². The largest absolute Gasteiger partial charge is 0.355 e. The van der Waals surface area contributed by atoms with E-state index in [0.29, 0.717) is 0 Å². The Balaban J connectivity index is 1.75. The minimum absolute atomic E-state index is 0.0686. The molecule has 2 aliphatic heterocycles. The molecule has 0 fully saturated rings. The first-order valence-electron chi connectivity index (χ1n) is 18.1. The van der Waals surface area contributed by atoms with Crippen molar-refractivity contribution in [3.63, 3.8) is 0 Å². The molecule has 1 atom stereocenters. The van der Waals surface area contributed by atoms with Gasteiger partial charge in [-0.15, -0.1) is 0 Å². The van der Waals surface area contributed by atoms with Gasteiger partial charge in [-0.1, -0.05) is 60.3 Å². The lowest BCUT2D eigenvalue weighted by molar-refractivity contribution is -0.384. The third-order valence-electron chi connectivity index (χ3n) is 11.1. The molecule has 0 saturated carbocycles. The second kappa shape index (κ2) is 13.8. The molecule has 2 aliphatic rings. The average Bonchev–Trinajstić information content (AvgIpc) is 3.74. The van der Waals surface area contributed by atoms with Crippen LogP contribution in [-0.2, 0) is 18.3 Å². The van der Waals surface area contributed by atoms with Crippen molar-refractivity contribution in [1.29, 1.82) is 0 Å². The number of aromatic nitrogens is 4. The van der Waals surface area contributed by atoms with E-state index in [1.54, 1.807) is 12.1 Å². The highest BCUT2D eigenvalue weighted by Gasteiger charge is 2.39. The van der Waals surface area contributed by atoms with Gasteiger partial charge in [0.25, 0.3) is 5.69 Å². The van der Waals surface area contributed by atoms with Gasteiger partial charge in [0.15, 0.2) is 0 Å². The quantitative estimate of drug-likeness (QED) is 0.101. The van der Waals surface area contributed by atoms with E-state index in [2.05, 4.69) is 89.6 Å². The molecule has 49 heavy (non-hydrogen) atoms. The predicted octanol–water partition coefficient (Wildman–Crippen LogP) is 11.7. The molecule has 8 bridgehead atoms. The third-order valence-corrected chi connectivity index (χ3v) is 11.1. The summed E-state index contributed by atoms with van der Waals surface area (Å²) in [4.78, 5) is 29.6. The summed E-state index contributed by atoms with van der Waals surface area (Å²) in [7, 11) is 0. The highest BCUT2D eigenvalue weighted by molar-refractivity contribution is 5.96. The average molecular weight is 658 g/mol. The van der Waals surface area contributed by atoms with Gasteiger partial charge < -0.3 is 9.97 Å². The van der Waals surface area contributed by atoms with Gasteiger partial charge in [0, 0.05) is 56.8 Å². The number of hydrogen-bond donors (Lipinski definition) is 2. The van der Waals surface area contributed by atoms with Gasteiger partial charge in [0.1, 0.15) is 0 Å². The normalized spacial score (nSPS) is 15.6. The fraction of sp³-hybridized carbons (Fsp3) is 0.429. The van der Waals surface area contributed by atoms with Crippen molar-refractivity contribution in [2.75, 3.05) is 0 Å². The SMILES string of the molecule is CCCCCc1cc2cc3nc(c(-c4ccc([N+](=O)[O-])cc4)c4nc(cc5[nH]c(cc1[nH]2)c(CCCCC)c5C)C(C)(C)C4C)C(C)=C3C. The van der Waals surface area contributed by atoms with E-state index in [0.717, 1.165) is 87.3 Å². The van der Waals surface area contributed by atoms with Crippen LogP contribution in [0.25, 0.3) is 44.3 Å². The molecule has 256 valence electrons. The molecule has 0 amide bonds. The van der Waals surface area contributed by atoms with Crippen molar-refractivity contribution < 1.29 is 4.92 Å². The predicted molar refractivity (Wildman–Crippen MR) is 204 cm³/mol. The van der Waals surface area contributed by atoms with E-state index in [4.69, 9.17) is 9.97 Å². The Bertz CT molecular complexity index is 2100. The molecule has 1 unspecified atom stereocenters. The number of non-ortho nitro benzene ring substituents is 1. The van der Waals surface area contributed by atoms with E-state index in [1.165, 1.54) is 47.9 Å². The van der Waals surface area contributed by atoms with Gasteiger partial charge in [-0.3, -0.25) is 15.1 Å². The minimum atomic E-state index is -0.349. The van der Waals surface area contributed by atoms with Crippen LogP contribution >= 0.6 is 0 Å². The third kappa shape index (κ3) is 6.48. The Labute approximate surface area is 290 Å². The number of nitrogens with zero attached hydrogens (tertiary/aromatic N) is 3. The summed E-state index contributed by atoms with van der Waals surface area (Å²) in [5.74, 6) is 0.0741. The molecule has 7 nitrogen and oxygen atoms in total. The standard InChI is InChI=1S/C42H51N5O2/c1-9-11-13-15-30-21-31-22-34-25(3)26(4)40(45-34)39(29-17-19-32(20-18-29)47(48)49)41-28(6)42(7,8)38(46-41)24-35-27(5)33(16-14-12-10-2)37(44-35)23-36(30)43-31/h17-24,28,43-44H,9-16H2,1-8H3. The van der Waals surface area contributed by atoms with E-state index < -0.39 is 0 Å². The van der Waals surface area contributed by atoms with Crippen LogP contribution in [0, 0.1) is 17.0 Å². The number of fused-ring (bicyclic) bond motifs is 8. The first-order valence-corrected chi connectivity index (χ1v) is 18.1. The lowest BCUT2D eigenvalue weighted by Gasteiger charge is -2.25. The molecule has 7 heteroatoms. The number of H-pyrrole nitrogens is 2. The van der Waals surface area contributed by atoms with Crippen LogP contribution in [0.5, 0.6) is 0 Å². The van der Waals surface area contributed by atoms with Crippen LogP contribution in [0.3, 0.4) is 0 Å². The molecule has 0 spiro atoms. The van der Waals surface area contributed by atoms with Gasteiger partial charge in [0.05, 0.1) is 22.0 Å². The molecule has 6 rings (SSSR count). The molecule has 0 aliphatic carbocycles. The summed E-state index contributed by atoms with van der Waals surface area (Å²) in [5.41, 5.74) is 16.1. The zero-order chi connectivity index (χ0) is 35.0. The fourth-order valence-electron chi connectivity index (χ4n) is 7.39. The lowest BCUT2D eigenvalue weighted by Crippen LogP contribution is -2.20. The first-order chi connectivity index (χ1) is 23.4. The van der Waals surface area contributed by atoms with Crippen molar-refractivity contribution in [2.45, 2.75) is 118 Å². The number of allylic oxidation sites excluding steroid dienone is 2. The molecular weight excluding hydrogens is 606 g/mol. The second-order valence-corrected chi connectivity index (χ2v) is 14.7. The van der Waals surface area contributed by atoms with Crippen LogP contribution < -0.4 is 0 Å². The maximum Gasteiger partial charge on any atom is 0.269 e. The van der Waals surface area contributed by atoms with E-state index >= 15 is 0 Å². The number of nitro benzene ring substituents is 1. The summed E-state index contributed by atoms with van der Waals surface area (Å²) in [5, 5.41) is 11.6. The van der Waals surface area contributed by atoms with Gasteiger partial charge in [0.2, 0.25) is 0 Å². The molecule has 0 radical (unpaired) electrons. The monoisotopic (exact) mass is 657 g/mol. The summed E-state index contributed by atoms with van der Waals surface area (Å²) in [6.45, 7) is 17.8. The molecule has 2 N–H and O–H groups in total. The number of aryl methyl sites for hydroxylation is 3. The smallest absolute Gasteiger partial charge is 0.269 e. The molecule has 3 aromatic heterocycles. The van der Waals surface area contributed by atoms with Crippen LogP contribution in [0.15, 0.2) is 48.5 Å². The summed E-state index contributed by atoms with van der Waals surface area (Å²) in [6, 6.07) is 15.9. The maximum absolute atomic E-state index is 11.6.